The summed E-state index contributed by atoms with van der Waals surface area (Å²) in [6.07, 6.45) is 38.1. The van der Waals surface area contributed by atoms with E-state index in [0.717, 1.165) is 32.1 Å². The van der Waals surface area contributed by atoms with E-state index in [2.05, 4.69) is 31.3 Å². The van der Waals surface area contributed by atoms with Gasteiger partial charge in [-0.1, -0.05) is 186 Å². The number of allylic oxidation sites excluding steroid dienone is 3. The molecule has 0 spiro atoms. The Morgan fingerprint density at radius 3 is 1.40 bits per heavy atom. The van der Waals surface area contributed by atoms with Gasteiger partial charge in [0.15, 0.2) is 0 Å². The standard InChI is InChI=1S/C39H75NO6S/c1-3-5-7-9-11-13-15-17-18-19-20-21-22-24-26-28-30-32-34-38(42)39(43)40-36(35-47(44,45)46)37(41)33-31-29-27-25-23-16-14-12-10-8-6-4-2/h23,25,31,33,36-38,41-42H,3-22,24,26-30,32,34-35H2,1-2H3,(H,40,43)(H,44,45,46)/b25-23+,33-31+. The predicted octanol–water partition coefficient (Wildman–Crippen LogP) is 10.2. The van der Waals surface area contributed by atoms with Crippen molar-refractivity contribution in [2.45, 2.75) is 212 Å². The Kier molecular flexibility index (Phi) is 32.4. The number of nitrogens with one attached hydrogen (secondary N) is 1. The number of carbonyl (C=O) groups is 1. The molecule has 0 aliphatic rings. The molecule has 0 radical (unpaired) electrons. The summed E-state index contributed by atoms with van der Waals surface area (Å²) >= 11 is 0. The van der Waals surface area contributed by atoms with Crippen LogP contribution in [0.25, 0.3) is 0 Å². The van der Waals surface area contributed by atoms with Gasteiger partial charge in [0.1, 0.15) is 6.10 Å². The molecular weight excluding hydrogens is 610 g/mol. The maximum absolute atomic E-state index is 12.6. The molecule has 0 aliphatic carbocycles. The molecule has 0 aromatic rings. The van der Waals surface area contributed by atoms with Crippen molar-refractivity contribution in [3.63, 3.8) is 0 Å². The first-order valence-corrected chi connectivity index (χ1v) is 21.3. The van der Waals surface area contributed by atoms with Gasteiger partial charge in [-0.2, -0.15) is 8.42 Å². The van der Waals surface area contributed by atoms with Gasteiger partial charge in [-0.3, -0.25) is 9.35 Å². The fraction of sp³-hybridized carbons (Fsp3) is 0.872. The third-order valence-corrected chi connectivity index (χ3v) is 9.77. The van der Waals surface area contributed by atoms with E-state index in [0.29, 0.717) is 12.8 Å². The van der Waals surface area contributed by atoms with E-state index >= 15 is 0 Å². The van der Waals surface area contributed by atoms with Crippen LogP contribution in [0, 0.1) is 0 Å². The summed E-state index contributed by atoms with van der Waals surface area (Å²) in [6.45, 7) is 4.48. The van der Waals surface area contributed by atoms with Crippen LogP contribution < -0.4 is 5.32 Å². The number of hydrogen-bond acceptors (Lipinski definition) is 5. The number of rotatable bonds is 35. The van der Waals surface area contributed by atoms with E-state index in [-0.39, 0.29) is 6.42 Å². The zero-order chi connectivity index (χ0) is 34.9. The molecule has 0 fully saturated rings. The van der Waals surface area contributed by atoms with E-state index in [1.54, 1.807) is 6.08 Å². The van der Waals surface area contributed by atoms with Gasteiger partial charge >= 0.3 is 0 Å². The van der Waals surface area contributed by atoms with Crippen LogP contribution in [0.4, 0.5) is 0 Å². The molecule has 3 atom stereocenters. The Hall–Kier alpha value is -1.22. The lowest BCUT2D eigenvalue weighted by Crippen LogP contribution is -2.50. The van der Waals surface area contributed by atoms with Crippen LogP contribution >= 0.6 is 0 Å². The second-order valence-corrected chi connectivity index (χ2v) is 15.2. The number of unbranched alkanes of at least 4 members (excludes halogenated alkanes) is 24. The van der Waals surface area contributed by atoms with Gasteiger partial charge in [-0.15, -0.1) is 0 Å². The first-order chi connectivity index (χ1) is 22.7. The molecule has 3 unspecified atom stereocenters. The van der Waals surface area contributed by atoms with Crippen molar-refractivity contribution in [3.05, 3.63) is 24.3 Å². The van der Waals surface area contributed by atoms with Gasteiger partial charge in [0, 0.05) is 0 Å². The van der Waals surface area contributed by atoms with Crippen molar-refractivity contribution in [3.8, 4) is 0 Å². The third kappa shape index (κ3) is 33.1. The molecule has 0 heterocycles. The number of aliphatic hydroxyl groups excluding tert-OH is 2. The van der Waals surface area contributed by atoms with Gasteiger partial charge in [0.25, 0.3) is 10.1 Å². The quantitative estimate of drug-likeness (QED) is 0.0299. The highest BCUT2D eigenvalue weighted by atomic mass is 32.2. The summed E-state index contributed by atoms with van der Waals surface area (Å²) in [7, 11) is -4.44. The Morgan fingerprint density at radius 2 is 0.957 bits per heavy atom. The molecule has 8 heteroatoms. The van der Waals surface area contributed by atoms with Gasteiger partial charge < -0.3 is 15.5 Å². The largest absolute Gasteiger partial charge is 0.387 e. The van der Waals surface area contributed by atoms with Crippen LogP contribution in [-0.4, -0.2) is 53.1 Å². The average Bonchev–Trinajstić information content (AvgIpc) is 3.03. The van der Waals surface area contributed by atoms with Crippen molar-refractivity contribution < 1.29 is 28.0 Å². The van der Waals surface area contributed by atoms with Gasteiger partial charge in [-0.25, -0.2) is 0 Å². The molecule has 1 amide bonds. The van der Waals surface area contributed by atoms with Crippen LogP contribution in [0.1, 0.15) is 194 Å². The number of hydrogen-bond donors (Lipinski definition) is 4. The van der Waals surface area contributed by atoms with Crippen molar-refractivity contribution in [2.75, 3.05) is 5.75 Å². The minimum absolute atomic E-state index is 0.278. The summed E-state index contributed by atoms with van der Waals surface area (Å²) in [5.74, 6) is -1.55. The first kappa shape index (κ1) is 45.8. The maximum atomic E-state index is 12.6. The topological polar surface area (TPSA) is 124 Å². The summed E-state index contributed by atoms with van der Waals surface area (Å²) in [5, 5.41) is 23.3. The van der Waals surface area contributed by atoms with Crippen LogP contribution in [0.5, 0.6) is 0 Å². The summed E-state index contributed by atoms with van der Waals surface area (Å²) in [4.78, 5) is 12.6. The zero-order valence-corrected chi connectivity index (χ0v) is 31.3. The Labute approximate surface area is 290 Å². The minimum atomic E-state index is -4.44. The van der Waals surface area contributed by atoms with Crippen molar-refractivity contribution in [1.82, 2.24) is 5.32 Å². The highest BCUT2D eigenvalue weighted by Gasteiger charge is 2.27. The fourth-order valence-corrected chi connectivity index (χ4v) is 6.68. The zero-order valence-electron chi connectivity index (χ0n) is 30.5. The second kappa shape index (κ2) is 33.3. The lowest BCUT2D eigenvalue weighted by molar-refractivity contribution is -0.130. The number of carbonyl (C=O) groups excluding carboxylic acids is 1. The number of aliphatic hydroxyl groups is 2. The van der Waals surface area contributed by atoms with E-state index in [1.807, 2.05) is 0 Å². The smallest absolute Gasteiger partial charge is 0.267 e. The van der Waals surface area contributed by atoms with Gasteiger partial charge in [0.2, 0.25) is 5.91 Å². The summed E-state index contributed by atoms with van der Waals surface area (Å²) in [5.41, 5.74) is 0. The van der Waals surface area contributed by atoms with E-state index in [1.165, 1.54) is 134 Å². The van der Waals surface area contributed by atoms with Gasteiger partial charge in [0.05, 0.1) is 17.9 Å². The molecule has 278 valence electrons. The normalized spacial score (nSPS) is 14.2. The molecule has 7 nitrogen and oxygen atoms in total. The predicted molar refractivity (Wildman–Crippen MR) is 199 cm³/mol. The fourth-order valence-electron chi connectivity index (χ4n) is 5.94. The highest BCUT2D eigenvalue weighted by molar-refractivity contribution is 7.85. The molecule has 0 bridgehead atoms. The first-order valence-electron chi connectivity index (χ1n) is 19.6. The second-order valence-electron chi connectivity index (χ2n) is 13.7. The molecule has 0 aromatic carbocycles. The Balaban J connectivity index is 4.04. The van der Waals surface area contributed by atoms with Crippen molar-refractivity contribution in [1.29, 1.82) is 0 Å². The molecule has 0 aromatic heterocycles. The number of amides is 1. The van der Waals surface area contributed by atoms with Crippen molar-refractivity contribution in [2.24, 2.45) is 0 Å². The van der Waals surface area contributed by atoms with E-state index < -0.39 is 40.0 Å². The monoisotopic (exact) mass is 686 g/mol. The van der Waals surface area contributed by atoms with Crippen LogP contribution in [0.2, 0.25) is 0 Å². The summed E-state index contributed by atoms with van der Waals surface area (Å²) < 4.78 is 32.4. The van der Waals surface area contributed by atoms with Crippen LogP contribution in [-0.2, 0) is 14.9 Å². The Bertz CT molecular complexity index is 860. The molecular formula is C39H75NO6S. The summed E-state index contributed by atoms with van der Waals surface area (Å²) in [6, 6.07) is -1.24. The molecule has 0 aliphatic heterocycles. The molecule has 0 saturated heterocycles. The highest BCUT2D eigenvalue weighted by Crippen LogP contribution is 2.15. The maximum Gasteiger partial charge on any atom is 0.267 e. The average molecular weight is 686 g/mol. The molecule has 47 heavy (non-hydrogen) atoms. The van der Waals surface area contributed by atoms with E-state index in [9.17, 15) is 28.0 Å². The van der Waals surface area contributed by atoms with Crippen molar-refractivity contribution >= 4 is 16.0 Å². The van der Waals surface area contributed by atoms with Gasteiger partial charge in [-0.05, 0) is 32.1 Å². The molecule has 0 rings (SSSR count). The Morgan fingerprint density at radius 1 is 0.574 bits per heavy atom. The SMILES string of the molecule is CCCCCCCC/C=C/CC/C=C/C(O)C(CS(=O)(=O)O)NC(=O)C(O)CCCCCCCCCCCCCCCCCCCC. The lowest BCUT2D eigenvalue weighted by Gasteiger charge is -2.22. The third-order valence-electron chi connectivity index (χ3n) is 8.99. The molecule has 0 saturated carbocycles. The minimum Gasteiger partial charge on any atom is -0.387 e. The van der Waals surface area contributed by atoms with Crippen LogP contribution in [0.3, 0.4) is 0 Å². The van der Waals surface area contributed by atoms with E-state index in [4.69, 9.17) is 0 Å². The lowest BCUT2D eigenvalue weighted by atomic mass is 10.0. The van der Waals surface area contributed by atoms with Crippen LogP contribution in [0.15, 0.2) is 24.3 Å². The molecule has 4 N–H and O–H groups in total.